The maximum absolute atomic E-state index is 5.48. The van der Waals surface area contributed by atoms with Gasteiger partial charge in [0.25, 0.3) is 0 Å². The Morgan fingerprint density at radius 1 is 1.27 bits per heavy atom. The summed E-state index contributed by atoms with van der Waals surface area (Å²) in [5.41, 5.74) is 6.72. The molecule has 0 heterocycles. The number of hydrogen-bond acceptors (Lipinski definition) is 2. The summed E-state index contributed by atoms with van der Waals surface area (Å²) < 4.78 is 0. The molecule has 0 saturated heterocycles. The molecule has 1 aliphatic rings. The Morgan fingerprint density at radius 3 is 2.40 bits per heavy atom. The van der Waals surface area contributed by atoms with Crippen LogP contribution in [0.2, 0.25) is 0 Å². The molecule has 1 saturated carbocycles. The van der Waals surface area contributed by atoms with Gasteiger partial charge in [0, 0.05) is 13.1 Å². The van der Waals surface area contributed by atoms with E-state index in [0.29, 0.717) is 6.54 Å². The Morgan fingerprint density at radius 2 is 1.87 bits per heavy atom. The molecule has 1 fully saturated rings. The highest BCUT2D eigenvalue weighted by Gasteiger charge is 2.11. The molecule has 2 nitrogen and oxygen atoms in total. The van der Waals surface area contributed by atoms with E-state index in [1.807, 2.05) is 13.8 Å². The van der Waals surface area contributed by atoms with Crippen LogP contribution in [0, 0.1) is 5.92 Å². The van der Waals surface area contributed by atoms with E-state index in [2.05, 4.69) is 18.4 Å². The van der Waals surface area contributed by atoms with Gasteiger partial charge in [0.15, 0.2) is 0 Å². The average Bonchev–Trinajstić information content (AvgIpc) is 2.33. The van der Waals surface area contributed by atoms with Gasteiger partial charge in [0.05, 0.1) is 0 Å². The van der Waals surface area contributed by atoms with Gasteiger partial charge in [0.2, 0.25) is 0 Å². The van der Waals surface area contributed by atoms with Crippen molar-refractivity contribution in [2.75, 3.05) is 13.1 Å². The SMILES string of the molecule is C/C(=C\NCC1CCCCC1)CN.CC. The first-order chi connectivity index (χ1) is 7.33. The highest BCUT2D eigenvalue weighted by molar-refractivity contribution is 4.97. The first kappa shape index (κ1) is 14.5. The zero-order valence-corrected chi connectivity index (χ0v) is 10.7. The monoisotopic (exact) mass is 212 g/mol. The molecule has 90 valence electrons. The fourth-order valence-electron chi connectivity index (χ4n) is 1.85. The lowest BCUT2D eigenvalue weighted by atomic mass is 9.89. The van der Waals surface area contributed by atoms with Gasteiger partial charge in [-0.3, -0.25) is 0 Å². The molecule has 1 rings (SSSR count). The molecule has 0 aromatic carbocycles. The molecular formula is C13H28N2. The number of nitrogens with one attached hydrogen (secondary N) is 1. The van der Waals surface area contributed by atoms with Crippen molar-refractivity contribution in [2.45, 2.75) is 52.9 Å². The third-order valence-corrected chi connectivity index (χ3v) is 2.80. The van der Waals surface area contributed by atoms with E-state index in [0.717, 1.165) is 12.5 Å². The molecule has 0 aromatic rings. The lowest BCUT2D eigenvalue weighted by molar-refractivity contribution is 0.353. The molecular weight excluding hydrogens is 184 g/mol. The second-order valence-corrected chi connectivity index (χ2v) is 4.11. The number of rotatable bonds is 4. The van der Waals surface area contributed by atoms with E-state index in [-0.39, 0.29) is 0 Å². The van der Waals surface area contributed by atoms with Crippen molar-refractivity contribution in [3.05, 3.63) is 11.8 Å². The van der Waals surface area contributed by atoms with Crippen LogP contribution < -0.4 is 11.1 Å². The van der Waals surface area contributed by atoms with Crippen LogP contribution >= 0.6 is 0 Å². The molecule has 0 amide bonds. The normalized spacial score (nSPS) is 18.0. The molecule has 0 aliphatic heterocycles. The fourth-order valence-corrected chi connectivity index (χ4v) is 1.85. The van der Waals surface area contributed by atoms with Gasteiger partial charge in [-0.1, -0.05) is 33.1 Å². The highest BCUT2D eigenvalue weighted by atomic mass is 14.8. The van der Waals surface area contributed by atoms with Crippen molar-refractivity contribution in [3.63, 3.8) is 0 Å². The molecule has 0 unspecified atom stereocenters. The van der Waals surface area contributed by atoms with Gasteiger partial charge in [0.1, 0.15) is 0 Å². The van der Waals surface area contributed by atoms with E-state index in [1.165, 1.54) is 37.7 Å². The first-order valence-electron chi connectivity index (χ1n) is 6.42. The molecule has 0 atom stereocenters. The molecule has 0 spiro atoms. The van der Waals surface area contributed by atoms with E-state index in [9.17, 15) is 0 Å². The minimum atomic E-state index is 0.664. The van der Waals surface area contributed by atoms with Crippen molar-refractivity contribution in [1.29, 1.82) is 0 Å². The van der Waals surface area contributed by atoms with Crippen LogP contribution in [0.25, 0.3) is 0 Å². The quantitative estimate of drug-likeness (QED) is 0.751. The standard InChI is InChI=1S/C11H22N2.C2H6/c1-10(7-12)8-13-9-11-5-3-2-4-6-11;1-2/h8,11,13H,2-7,9,12H2,1H3;1-2H3/b10-8+;. The molecule has 0 aromatic heterocycles. The van der Waals surface area contributed by atoms with Crippen LogP contribution in [0.1, 0.15) is 52.9 Å². The Labute approximate surface area is 95.3 Å². The topological polar surface area (TPSA) is 38.0 Å². The van der Waals surface area contributed by atoms with E-state index in [1.54, 1.807) is 0 Å². The van der Waals surface area contributed by atoms with Gasteiger partial charge >= 0.3 is 0 Å². The second kappa shape index (κ2) is 10.0. The Balaban J connectivity index is 0.000000921. The van der Waals surface area contributed by atoms with Crippen LogP contribution in [0.15, 0.2) is 11.8 Å². The van der Waals surface area contributed by atoms with Crippen molar-refractivity contribution in [3.8, 4) is 0 Å². The van der Waals surface area contributed by atoms with Crippen molar-refractivity contribution >= 4 is 0 Å². The van der Waals surface area contributed by atoms with E-state index < -0.39 is 0 Å². The average molecular weight is 212 g/mol. The predicted molar refractivity (Wildman–Crippen MR) is 68.7 cm³/mol. The number of nitrogens with two attached hydrogens (primary N) is 1. The Kier molecular flexibility index (Phi) is 9.70. The van der Waals surface area contributed by atoms with Crippen molar-refractivity contribution < 1.29 is 0 Å². The van der Waals surface area contributed by atoms with Crippen molar-refractivity contribution in [2.24, 2.45) is 11.7 Å². The maximum Gasteiger partial charge on any atom is 0.0169 e. The molecule has 0 bridgehead atoms. The zero-order chi connectivity index (χ0) is 11.5. The maximum atomic E-state index is 5.48. The molecule has 2 heteroatoms. The van der Waals surface area contributed by atoms with Crippen LogP contribution in [0.4, 0.5) is 0 Å². The largest absolute Gasteiger partial charge is 0.391 e. The lowest BCUT2D eigenvalue weighted by Crippen LogP contribution is -2.21. The summed E-state index contributed by atoms with van der Waals surface area (Å²) in [7, 11) is 0. The summed E-state index contributed by atoms with van der Waals surface area (Å²) in [5.74, 6) is 0.899. The highest BCUT2D eigenvalue weighted by Crippen LogP contribution is 2.22. The minimum absolute atomic E-state index is 0.664. The summed E-state index contributed by atoms with van der Waals surface area (Å²) in [6, 6.07) is 0. The van der Waals surface area contributed by atoms with Crippen molar-refractivity contribution in [1.82, 2.24) is 5.32 Å². The number of hydrogen-bond donors (Lipinski definition) is 2. The van der Waals surface area contributed by atoms with Crippen LogP contribution in [-0.2, 0) is 0 Å². The fraction of sp³-hybridized carbons (Fsp3) is 0.846. The zero-order valence-electron chi connectivity index (χ0n) is 10.7. The van der Waals surface area contributed by atoms with Gasteiger partial charge < -0.3 is 11.1 Å². The van der Waals surface area contributed by atoms with Crippen LogP contribution in [0.3, 0.4) is 0 Å². The smallest absolute Gasteiger partial charge is 0.0169 e. The lowest BCUT2D eigenvalue weighted by Gasteiger charge is -2.21. The Bertz CT molecular complexity index is 158. The first-order valence-corrected chi connectivity index (χ1v) is 6.42. The predicted octanol–water partition coefficient (Wildman–Crippen LogP) is 3.05. The summed E-state index contributed by atoms with van der Waals surface area (Å²) in [6.45, 7) is 7.86. The molecule has 1 aliphatic carbocycles. The molecule has 0 radical (unpaired) electrons. The minimum Gasteiger partial charge on any atom is -0.391 e. The summed E-state index contributed by atoms with van der Waals surface area (Å²) in [4.78, 5) is 0. The molecule has 3 N–H and O–H groups in total. The van der Waals surface area contributed by atoms with Crippen LogP contribution in [-0.4, -0.2) is 13.1 Å². The van der Waals surface area contributed by atoms with Gasteiger partial charge in [-0.25, -0.2) is 0 Å². The third-order valence-electron chi connectivity index (χ3n) is 2.80. The van der Waals surface area contributed by atoms with E-state index in [4.69, 9.17) is 5.73 Å². The van der Waals surface area contributed by atoms with Crippen LogP contribution in [0.5, 0.6) is 0 Å². The molecule has 15 heavy (non-hydrogen) atoms. The van der Waals surface area contributed by atoms with Gasteiger partial charge in [-0.15, -0.1) is 0 Å². The summed E-state index contributed by atoms with van der Waals surface area (Å²) in [6.07, 6.45) is 9.16. The Hall–Kier alpha value is -0.500. The second-order valence-electron chi connectivity index (χ2n) is 4.11. The van der Waals surface area contributed by atoms with E-state index >= 15 is 0 Å². The summed E-state index contributed by atoms with van der Waals surface area (Å²) >= 11 is 0. The van der Waals surface area contributed by atoms with Gasteiger partial charge in [-0.2, -0.15) is 0 Å². The van der Waals surface area contributed by atoms with Gasteiger partial charge in [-0.05, 0) is 37.5 Å². The summed E-state index contributed by atoms with van der Waals surface area (Å²) in [5, 5.41) is 3.36. The third kappa shape index (κ3) is 7.43.